The number of hydrogen-bond acceptors (Lipinski definition) is 4. The lowest BCUT2D eigenvalue weighted by Gasteiger charge is -2.20. The summed E-state index contributed by atoms with van der Waals surface area (Å²) in [7, 11) is 2.12. The maximum absolute atomic E-state index is 6.01. The number of hydrogen-bond donors (Lipinski definition) is 0. The van der Waals surface area contributed by atoms with Crippen LogP contribution in [-0.4, -0.2) is 17.0 Å². The molecule has 3 aromatic rings. The highest BCUT2D eigenvalue weighted by Gasteiger charge is 2.21. The second kappa shape index (κ2) is 6.93. The van der Waals surface area contributed by atoms with Crippen LogP contribution in [0, 0.1) is 6.92 Å². The molecule has 5 heteroatoms. The van der Waals surface area contributed by atoms with Crippen LogP contribution in [0.5, 0.6) is 0 Å². The van der Waals surface area contributed by atoms with Crippen LogP contribution in [0.1, 0.15) is 41.1 Å². The minimum absolute atomic E-state index is 0.773. The Morgan fingerprint density at radius 1 is 1.08 bits per heavy atom. The van der Waals surface area contributed by atoms with Crippen molar-refractivity contribution in [1.29, 1.82) is 0 Å². The standard InChI is InChI=1S/C20H22ClN3S/c1-13-22-19(24(2)12-14-8-10-15(21)11-9-14)18-16-6-4-3-5-7-17(16)25-20(18)23-13/h8-11H,3-7,12H2,1-2H3. The van der Waals surface area contributed by atoms with Crippen molar-refractivity contribution in [3.8, 4) is 0 Å². The first-order valence-electron chi connectivity index (χ1n) is 8.86. The predicted molar refractivity (Wildman–Crippen MR) is 107 cm³/mol. The Morgan fingerprint density at radius 2 is 1.84 bits per heavy atom. The second-order valence-electron chi connectivity index (χ2n) is 6.82. The zero-order chi connectivity index (χ0) is 17.4. The lowest BCUT2D eigenvalue weighted by atomic mass is 10.1. The van der Waals surface area contributed by atoms with Crippen LogP contribution in [0.2, 0.25) is 5.02 Å². The van der Waals surface area contributed by atoms with Gasteiger partial charge in [0.05, 0.1) is 5.39 Å². The molecular formula is C20H22ClN3S. The Balaban J connectivity index is 1.77. The number of thiophene rings is 1. The van der Waals surface area contributed by atoms with E-state index in [1.807, 2.05) is 30.4 Å². The molecule has 0 N–H and O–H groups in total. The molecule has 2 heterocycles. The molecule has 4 rings (SSSR count). The number of rotatable bonds is 3. The van der Waals surface area contributed by atoms with Crippen molar-refractivity contribution >= 4 is 39.0 Å². The molecule has 0 atom stereocenters. The van der Waals surface area contributed by atoms with E-state index in [0.717, 1.165) is 34.5 Å². The smallest absolute Gasteiger partial charge is 0.141 e. The van der Waals surface area contributed by atoms with Gasteiger partial charge in [-0.25, -0.2) is 9.97 Å². The number of halogens is 1. The molecule has 0 aliphatic heterocycles. The predicted octanol–water partition coefficient (Wildman–Crippen LogP) is 5.56. The summed E-state index contributed by atoms with van der Waals surface area (Å²) in [4.78, 5) is 14.5. The van der Waals surface area contributed by atoms with Crippen LogP contribution in [0.25, 0.3) is 10.2 Å². The summed E-state index contributed by atoms with van der Waals surface area (Å²) in [6, 6.07) is 8.06. The van der Waals surface area contributed by atoms with E-state index in [2.05, 4.69) is 24.1 Å². The lowest BCUT2D eigenvalue weighted by Crippen LogP contribution is -2.19. The molecule has 0 amide bonds. The third-order valence-corrected chi connectivity index (χ3v) is 6.29. The van der Waals surface area contributed by atoms with Gasteiger partial charge in [-0.15, -0.1) is 11.3 Å². The molecule has 0 saturated heterocycles. The fraction of sp³-hybridized carbons (Fsp3) is 0.400. The average Bonchev–Trinajstić information content (AvgIpc) is 2.77. The van der Waals surface area contributed by atoms with Crippen LogP contribution < -0.4 is 4.90 Å². The van der Waals surface area contributed by atoms with Gasteiger partial charge in [0.2, 0.25) is 0 Å². The summed E-state index contributed by atoms with van der Waals surface area (Å²) in [5.74, 6) is 1.92. The quantitative estimate of drug-likeness (QED) is 0.564. The monoisotopic (exact) mass is 371 g/mol. The summed E-state index contributed by atoms with van der Waals surface area (Å²) >= 11 is 7.88. The van der Waals surface area contributed by atoms with E-state index >= 15 is 0 Å². The second-order valence-corrected chi connectivity index (χ2v) is 8.34. The van der Waals surface area contributed by atoms with Crippen LogP contribution >= 0.6 is 22.9 Å². The summed E-state index contributed by atoms with van der Waals surface area (Å²) in [6.07, 6.45) is 6.24. The average molecular weight is 372 g/mol. The molecule has 25 heavy (non-hydrogen) atoms. The molecule has 0 bridgehead atoms. The number of benzene rings is 1. The molecule has 2 aromatic heterocycles. The van der Waals surface area contributed by atoms with Gasteiger partial charge in [0.15, 0.2) is 0 Å². The highest BCUT2D eigenvalue weighted by atomic mass is 35.5. The molecular weight excluding hydrogens is 350 g/mol. The van der Waals surface area contributed by atoms with Crippen molar-refractivity contribution in [1.82, 2.24) is 9.97 Å². The van der Waals surface area contributed by atoms with E-state index in [1.54, 1.807) is 0 Å². The lowest BCUT2D eigenvalue weighted by molar-refractivity contribution is 0.713. The first-order valence-corrected chi connectivity index (χ1v) is 10.1. The van der Waals surface area contributed by atoms with Crippen molar-refractivity contribution in [3.05, 3.63) is 51.1 Å². The summed E-state index contributed by atoms with van der Waals surface area (Å²) in [5.41, 5.74) is 2.73. The van der Waals surface area contributed by atoms with Crippen molar-refractivity contribution in [2.24, 2.45) is 0 Å². The van der Waals surface area contributed by atoms with Gasteiger partial charge in [-0.2, -0.15) is 0 Å². The highest BCUT2D eigenvalue weighted by Crippen LogP contribution is 2.39. The molecule has 0 fully saturated rings. The highest BCUT2D eigenvalue weighted by molar-refractivity contribution is 7.19. The van der Waals surface area contributed by atoms with Crippen molar-refractivity contribution in [2.75, 3.05) is 11.9 Å². The van der Waals surface area contributed by atoms with Crippen molar-refractivity contribution in [3.63, 3.8) is 0 Å². The van der Waals surface area contributed by atoms with Crippen LogP contribution in [0.3, 0.4) is 0 Å². The Hall–Kier alpha value is -1.65. The van der Waals surface area contributed by atoms with Gasteiger partial charge in [0.1, 0.15) is 16.5 Å². The Bertz CT molecular complexity index is 901. The number of nitrogens with zero attached hydrogens (tertiary/aromatic N) is 3. The van der Waals surface area contributed by atoms with Gasteiger partial charge in [-0.05, 0) is 55.9 Å². The molecule has 3 nitrogen and oxygen atoms in total. The summed E-state index contributed by atoms with van der Waals surface area (Å²) in [6.45, 7) is 2.80. The molecule has 1 aliphatic rings. The first-order chi connectivity index (χ1) is 12.1. The zero-order valence-corrected chi connectivity index (χ0v) is 16.3. The fourth-order valence-electron chi connectivity index (χ4n) is 3.63. The maximum atomic E-state index is 6.01. The zero-order valence-electron chi connectivity index (χ0n) is 14.7. The van der Waals surface area contributed by atoms with E-state index in [-0.39, 0.29) is 0 Å². The largest absolute Gasteiger partial charge is 0.355 e. The Labute approximate surface area is 157 Å². The minimum Gasteiger partial charge on any atom is -0.355 e. The van der Waals surface area contributed by atoms with Crippen molar-refractivity contribution in [2.45, 2.75) is 45.6 Å². The SMILES string of the molecule is Cc1nc(N(C)Cc2ccc(Cl)cc2)c2c3c(sc2n1)CCCCC3. The van der Waals surface area contributed by atoms with E-state index in [1.165, 1.54) is 47.1 Å². The van der Waals surface area contributed by atoms with Crippen LogP contribution in [-0.2, 0) is 19.4 Å². The number of anilines is 1. The van der Waals surface area contributed by atoms with Gasteiger partial charge in [0, 0.05) is 23.5 Å². The molecule has 0 spiro atoms. The number of fused-ring (bicyclic) bond motifs is 3. The maximum Gasteiger partial charge on any atom is 0.141 e. The third-order valence-electron chi connectivity index (χ3n) is 4.85. The van der Waals surface area contributed by atoms with Crippen LogP contribution in [0.15, 0.2) is 24.3 Å². The molecule has 0 saturated carbocycles. The van der Waals surface area contributed by atoms with Crippen LogP contribution in [0.4, 0.5) is 5.82 Å². The van der Waals surface area contributed by atoms with E-state index in [9.17, 15) is 0 Å². The number of aromatic nitrogens is 2. The van der Waals surface area contributed by atoms with Gasteiger partial charge in [-0.1, -0.05) is 30.2 Å². The normalized spacial score (nSPS) is 14.4. The van der Waals surface area contributed by atoms with Gasteiger partial charge < -0.3 is 4.90 Å². The fourth-order valence-corrected chi connectivity index (χ4v) is 5.06. The molecule has 0 radical (unpaired) electrons. The Kier molecular flexibility index (Phi) is 4.65. The minimum atomic E-state index is 0.773. The summed E-state index contributed by atoms with van der Waals surface area (Å²) < 4.78 is 0. The third kappa shape index (κ3) is 3.38. The molecule has 0 unspecified atom stereocenters. The van der Waals surface area contributed by atoms with E-state index in [0.29, 0.717) is 0 Å². The molecule has 1 aliphatic carbocycles. The topological polar surface area (TPSA) is 29.0 Å². The first kappa shape index (κ1) is 16.8. The van der Waals surface area contributed by atoms with Gasteiger partial charge >= 0.3 is 0 Å². The molecule has 130 valence electrons. The van der Waals surface area contributed by atoms with Crippen molar-refractivity contribution < 1.29 is 0 Å². The van der Waals surface area contributed by atoms with Gasteiger partial charge in [-0.3, -0.25) is 0 Å². The Morgan fingerprint density at radius 3 is 2.64 bits per heavy atom. The van der Waals surface area contributed by atoms with Gasteiger partial charge in [0.25, 0.3) is 0 Å². The van der Waals surface area contributed by atoms with E-state index in [4.69, 9.17) is 21.6 Å². The van der Waals surface area contributed by atoms with E-state index < -0.39 is 0 Å². The summed E-state index contributed by atoms with van der Waals surface area (Å²) in [5, 5.41) is 2.05. The number of aryl methyl sites for hydroxylation is 3. The molecule has 1 aromatic carbocycles.